The number of para-hydroxylation sites is 1. The Labute approximate surface area is 154 Å². The van der Waals surface area contributed by atoms with Crippen molar-refractivity contribution >= 4 is 28.9 Å². The van der Waals surface area contributed by atoms with Crippen molar-refractivity contribution in [3.05, 3.63) is 54.6 Å². The first kappa shape index (κ1) is 17.8. The molecule has 2 aromatic carbocycles. The lowest BCUT2D eigenvalue weighted by molar-refractivity contribution is -0.143. The minimum Gasteiger partial charge on any atom is -0.378 e. The summed E-state index contributed by atoms with van der Waals surface area (Å²) < 4.78 is 0. The van der Waals surface area contributed by atoms with Gasteiger partial charge in [-0.3, -0.25) is 9.59 Å². The molecule has 136 valence electrons. The molecule has 0 aliphatic carbocycles. The van der Waals surface area contributed by atoms with Gasteiger partial charge in [0.2, 0.25) is 0 Å². The SMILES string of the molecule is CN(C)c1cccc(NC(=O)C(=O)N2CCN(c3ccccc3)CC2)c1. The van der Waals surface area contributed by atoms with E-state index in [1.165, 1.54) is 0 Å². The number of rotatable bonds is 3. The number of carbonyl (C=O) groups is 2. The van der Waals surface area contributed by atoms with Crippen molar-refractivity contribution in [1.82, 2.24) is 4.90 Å². The molecule has 0 radical (unpaired) electrons. The largest absolute Gasteiger partial charge is 0.378 e. The molecule has 0 atom stereocenters. The molecule has 3 rings (SSSR count). The van der Waals surface area contributed by atoms with Crippen LogP contribution >= 0.6 is 0 Å². The van der Waals surface area contributed by atoms with E-state index in [0.29, 0.717) is 18.8 Å². The molecule has 6 nitrogen and oxygen atoms in total. The maximum atomic E-state index is 12.4. The quantitative estimate of drug-likeness (QED) is 0.859. The molecule has 0 spiro atoms. The third-order valence-corrected chi connectivity index (χ3v) is 4.50. The third-order valence-electron chi connectivity index (χ3n) is 4.50. The standard InChI is InChI=1S/C20H24N4O2/c1-22(2)18-10-6-7-16(15-18)21-19(25)20(26)24-13-11-23(12-14-24)17-8-4-3-5-9-17/h3-10,15H,11-14H2,1-2H3,(H,21,25). The molecule has 2 aromatic rings. The summed E-state index contributed by atoms with van der Waals surface area (Å²) in [6.45, 7) is 2.52. The van der Waals surface area contributed by atoms with Gasteiger partial charge in [0.05, 0.1) is 0 Å². The van der Waals surface area contributed by atoms with E-state index in [2.05, 4.69) is 22.3 Å². The summed E-state index contributed by atoms with van der Waals surface area (Å²) in [5.41, 5.74) is 2.73. The first-order valence-corrected chi connectivity index (χ1v) is 8.72. The van der Waals surface area contributed by atoms with Crippen molar-refractivity contribution < 1.29 is 9.59 Å². The lowest BCUT2D eigenvalue weighted by atomic mass is 10.2. The highest BCUT2D eigenvalue weighted by Crippen LogP contribution is 2.18. The summed E-state index contributed by atoms with van der Waals surface area (Å²) in [5, 5.41) is 2.71. The maximum Gasteiger partial charge on any atom is 0.313 e. The lowest BCUT2D eigenvalue weighted by Gasteiger charge is -2.35. The first-order chi connectivity index (χ1) is 12.5. The molecule has 1 fully saturated rings. The zero-order chi connectivity index (χ0) is 18.5. The summed E-state index contributed by atoms with van der Waals surface area (Å²) in [7, 11) is 3.86. The molecular weight excluding hydrogens is 328 g/mol. The average molecular weight is 352 g/mol. The number of amides is 2. The van der Waals surface area contributed by atoms with Crippen molar-refractivity contribution in [2.75, 3.05) is 55.4 Å². The summed E-state index contributed by atoms with van der Waals surface area (Å²) in [5.74, 6) is -1.07. The number of benzene rings is 2. The molecule has 0 aromatic heterocycles. The van der Waals surface area contributed by atoms with Gasteiger partial charge in [-0.1, -0.05) is 24.3 Å². The Morgan fingerprint density at radius 3 is 2.27 bits per heavy atom. The Kier molecular flexibility index (Phi) is 5.41. The van der Waals surface area contributed by atoms with E-state index in [-0.39, 0.29) is 0 Å². The predicted octanol–water partition coefficient (Wildman–Crippen LogP) is 2.04. The van der Waals surface area contributed by atoms with Gasteiger partial charge in [0.25, 0.3) is 0 Å². The van der Waals surface area contributed by atoms with E-state index in [4.69, 9.17) is 0 Å². The summed E-state index contributed by atoms with van der Waals surface area (Å²) in [6, 6.07) is 17.5. The van der Waals surface area contributed by atoms with Crippen molar-refractivity contribution in [1.29, 1.82) is 0 Å². The predicted molar refractivity (Wildman–Crippen MR) is 105 cm³/mol. The van der Waals surface area contributed by atoms with Crippen LogP contribution in [0.25, 0.3) is 0 Å². The fourth-order valence-electron chi connectivity index (χ4n) is 3.00. The molecule has 1 saturated heterocycles. The number of piperazine rings is 1. The van der Waals surface area contributed by atoms with Gasteiger partial charge in [-0.15, -0.1) is 0 Å². The van der Waals surface area contributed by atoms with Crippen LogP contribution in [0.3, 0.4) is 0 Å². The van der Waals surface area contributed by atoms with Crippen molar-refractivity contribution in [3.8, 4) is 0 Å². The fraction of sp³-hybridized carbons (Fsp3) is 0.300. The Bertz CT molecular complexity index is 768. The van der Waals surface area contributed by atoms with Crippen LogP contribution in [0.15, 0.2) is 54.6 Å². The van der Waals surface area contributed by atoms with Crippen LogP contribution in [0, 0.1) is 0 Å². The van der Waals surface area contributed by atoms with Gasteiger partial charge in [-0.25, -0.2) is 0 Å². The van der Waals surface area contributed by atoms with Gasteiger partial charge in [-0.2, -0.15) is 0 Å². The summed E-state index contributed by atoms with van der Waals surface area (Å²) >= 11 is 0. The number of hydrogen-bond donors (Lipinski definition) is 1. The Balaban J connectivity index is 1.56. The van der Waals surface area contributed by atoms with E-state index in [9.17, 15) is 9.59 Å². The van der Waals surface area contributed by atoms with Crippen LogP contribution in [0.5, 0.6) is 0 Å². The Morgan fingerprint density at radius 1 is 0.923 bits per heavy atom. The number of nitrogens with zero attached hydrogens (tertiary/aromatic N) is 3. The highest BCUT2D eigenvalue weighted by molar-refractivity contribution is 6.39. The molecule has 0 saturated carbocycles. The van der Waals surface area contributed by atoms with E-state index in [1.807, 2.05) is 55.4 Å². The second kappa shape index (κ2) is 7.91. The smallest absolute Gasteiger partial charge is 0.313 e. The molecule has 6 heteroatoms. The van der Waals surface area contributed by atoms with Crippen LogP contribution in [0.4, 0.5) is 17.1 Å². The number of carbonyl (C=O) groups excluding carboxylic acids is 2. The molecule has 0 bridgehead atoms. The Morgan fingerprint density at radius 2 is 1.62 bits per heavy atom. The topological polar surface area (TPSA) is 55.9 Å². The minimum absolute atomic E-state index is 0.479. The van der Waals surface area contributed by atoms with Crippen molar-refractivity contribution in [3.63, 3.8) is 0 Å². The van der Waals surface area contributed by atoms with E-state index in [0.717, 1.165) is 24.5 Å². The van der Waals surface area contributed by atoms with E-state index in [1.54, 1.807) is 11.0 Å². The molecular formula is C20H24N4O2. The van der Waals surface area contributed by atoms with Gasteiger partial charge >= 0.3 is 11.8 Å². The second-order valence-corrected chi connectivity index (χ2v) is 6.51. The molecule has 1 N–H and O–H groups in total. The number of anilines is 3. The average Bonchev–Trinajstić information content (AvgIpc) is 2.68. The molecule has 1 aliphatic rings. The minimum atomic E-state index is -0.589. The second-order valence-electron chi connectivity index (χ2n) is 6.51. The highest BCUT2D eigenvalue weighted by Gasteiger charge is 2.26. The number of hydrogen-bond acceptors (Lipinski definition) is 4. The molecule has 26 heavy (non-hydrogen) atoms. The molecule has 1 aliphatic heterocycles. The van der Waals surface area contributed by atoms with Gasteiger partial charge < -0.3 is 20.0 Å². The normalized spacial score (nSPS) is 14.1. The van der Waals surface area contributed by atoms with E-state index < -0.39 is 11.8 Å². The van der Waals surface area contributed by atoms with Crippen LogP contribution in [0.1, 0.15) is 0 Å². The maximum absolute atomic E-state index is 12.4. The molecule has 0 unspecified atom stereocenters. The lowest BCUT2D eigenvalue weighted by Crippen LogP contribution is -2.51. The fourth-order valence-corrected chi connectivity index (χ4v) is 3.00. The summed E-state index contributed by atoms with van der Waals surface area (Å²) in [4.78, 5) is 30.5. The van der Waals surface area contributed by atoms with Crippen molar-refractivity contribution in [2.24, 2.45) is 0 Å². The monoisotopic (exact) mass is 352 g/mol. The zero-order valence-corrected chi connectivity index (χ0v) is 15.2. The molecule has 2 amide bonds. The van der Waals surface area contributed by atoms with Gasteiger partial charge in [-0.05, 0) is 30.3 Å². The Hall–Kier alpha value is -3.02. The van der Waals surface area contributed by atoms with Gasteiger partial charge in [0, 0.05) is 57.3 Å². The van der Waals surface area contributed by atoms with Gasteiger partial charge in [0.1, 0.15) is 0 Å². The van der Waals surface area contributed by atoms with Gasteiger partial charge in [0.15, 0.2) is 0 Å². The summed E-state index contributed by atoms with van der Waals surface area (Å²) in [6.07, 6.45) is 0. The van der Waals surface area contributed by atoms with Crippen LogP contribution in [-0.4, -0.2) is 57.0 Å². The van der Waals surface area contributed by atoms with Crippen molar-refractivity contribution in [2.45, 2.75) is 0 Å². The van der Waals surface area contributed by atoms with Crippen LogP contribution in [0.2, 0.25) is 0 Å². The zero-order valence-electron chi connectivity index (χ0n) is 15.2. The highest BCUT2D eigenvalue weighted by atomic mass is 16.2. The van der Waals surface area contributed by atoms with Crippen LogP contribution in [-0.2, 0) is 9.59 Å². The third kappa shape index (κ3) is 4.14. The van der Waals surface area contributed by atoms with Crippen LogP contribution < -0.4 is 15.1 Å². The van der Waals surface area contributed by atoms with E-state index >= 15 is 0 Å². The molecule has 1 heterocycles. The number of nitrogens with one attached hydrogen (secondary N) is 1. The first-order valence-electron chi connectivity index (χ1n) is 8.72.